The van der Waals surface area contributed by atoms with E-state index in [-0.39, 0.29) is 18.3 Å². The number of rotatable bonds is 4. The molecule has 24 heavy (non-hydrogen) atoms. The number of furan rings is 1. The van der Waals surface area contributed by atoms with Crippen molar-refractivity contribution in [2.24, 2.45) is 5.92 Å². The van der Waals surface area contributed by atoms with Crippen LogP contribution in [0.15, 0.2) is 57.6 Å². The molecule has 0 amide bonds. The molecule has 124 valence electrons. The van der Waals surface area contributed by atoms with Gasteiger partial charge in [0, 0.05) is 10.4 Å². The maximum atomic E-state index is 12.6. The molecule has 2 atom stereocenters. The molecule has 1 aliphatic rings. The van der Waals surface area contributed by atoms with E-state index < -0.39 is 11.9 Å². The van der Waals surface area contributed by atoms with Crippen molar-refractivity contribution in [1.29, 1.82) is 0 Å². The van der Waals surface area contributed by atoms with Crippen molar-refractivity contribution in [3.8, 4) is 0 Å². The van der Waals surface area contributed by atoms with E-state index in [2.05, 4.69) is 15.9 Å². The van der Waals surface area contributed by atoms with E-state index in [0.717, 1.165) is 15.6 Å². The Morgan fingerprint density at radius 1 is 1.29 bits per heavy atom. The molecule has 3 rings (SSSR count). The van der Waals surface area contributed by atoms with E-state index in [1.807, 2.05) is 30.3 Å². The Bertz CT molecular complexity index is 759. The van der Waals surface area contributed by atoms with Crippen LogP contribution in [0.25, 0.3) is 5.57 Å². The summed E-state index contributed by atoms with van der Waals surface area (Å²) < 4.78 is 11.5. The molecular weight excluding hydrogens is 372 g/mol. The number of carbonyl (C=O) groups excluding carboxylic acids is 2. The molecule has 0 saturated carbocycles. The van der Waals surface area contributed by atoms with Crippen LogP contribution in [0.5, 0.6) is 0 Å². The summed E-state index contributed by atoms with van der Waals surface area (Å²) in [6, 6.07) is 11.3. The Hall–Kier alpha value is -2.14. The quantitative estimate of drug-likeness (QED) is 0.576. The predicted octanol–water partition coefficient (Wildman–Crippen LogP) is 4.36. The smallest absolute Gasteiger partial charge is 0.317 e. The summed E-state index contributed by atoms with van der Waals surface area (Å²) >= 11 is 3.41. The molecule has 4 nitrogen and oxygen atoms in total. The van der Waals surface area contributed by atoms with Crippen molar-refractivity contribution in [1.82, 2.24) is 0 Å². The first kappa shape index (κ1) is 16.7. The second kappa shape index (κ2) is 7.18. The third kappa shape index (κ3) is 3.36. The Labute approximate surface area is 148 Å². The van der Waals surface area contributed by atoms with Gasteiger partial charge in [0.1, 0.15) is 11.7 Å². The Morgan fingerprint density at radius 3 is 2.67 bits per heavy atom. The monoisotopic (exact) mass is 388 g/mol. The van der Waals surface area contributed by atoms with Gasteiger partial charge in [-0.1, -0.05) is 28.1 Å². The number of halogens is 1. The van der Waals surface area contributed by atoms with Crippen molar-refractivity contribution >= 4 is 33.3 Å². The minimum absolute atomic E-state index is 0.237. The van der Waals surface area contributed by atoms with E-state index >= 15 is 0 Å². The van der Waals surface area contributed by atoms with Crippen LogP contribution in [0.1, 0.15) is 30.6 Å². The zero-order valence-electron chi connectivity index (χ0n) is 13.2. The Balaban J connectivity index is 2.00. The molecule has 0 fully saturated rings. The van der Waals surface area contributed by atoms with Gasteiger partial charge in [-0.05, 0) is 54.8 Å². The molecule has 1 aromatic heterocycles. The summed E-state index contributed by atoms with van der Waals surface area (Å²) in [7, 11) is 0. The average molecular weight is 389 g/mol. The van der Waals surface area contributed by atoms with Crippen LogP contribution in [0.2, 0.25) is 0 Å². The number of ketones is 1. The molecule has 0 N–H and O–H groups in total. The minimum atomic E-state index is -0.815. The summed E-state index contributed by atoms with van der Waals surface area (Å²) in [5.41, 5.74) is 1.74. The molecule has 2 aromatic rings. The highest BCUT2D eigenvalue weighted by Gasteiger charge is 2.40. The lowest BCUT2D eigenvalue weighted by Crippen LogP contribution is -2.33. The Kier molecular flexibility index (Phi) is 5.00. The van der Waals surface area contributed by atoms with Crippen LogP contribution < -0.4 is 0 Å². The SMILES string of the molecule is CCOC(=O)[C@@H]1C(=O)C=C(c2ccco2)C[C@@H]1c1ccc(Br)cc1. The van der Waals surface area contributed by atoms with Crippen molar-refractivity contribution in [3.63, 3.8) is 0 Å². The van der Waals surface area contributed by atoms with Crippen LogP contribution in [0.4, 0.5) is 0 Å². The largest absolute Gasteiger partial charge is 0.465 e. The van der Waals surface area contributed by atoms with Crippen molar-refractivity contribution in [3.05, 3.63) is 64.5 Å². The van der Waals surface area contributed by atoms with E-state index in [4.69, 9.17) is 9.15 Å². The van der Waals surface area contributed by atoms with Crippen molar-refractivity contribution in [2.75, 3.05) is 6.61 Å². The lowest BCUT2D eigenvalue weighted by Gasteiger charge is -2.28. The molecular formula is C19H17BrO4. The number of ether oxygens (including phenoxy) is 1. The minimum Gasteiger partial charge on any atom is -0.465 e. The first-order chi connectivity index (χ1) is 11.6. The molecule has 1 aliphatic carbocycles. The molecule has 0 unspecified atom stereocenters. The molecule has 1 aromatic carbocycles. The third-order valence-corrected chi connectivity index (χ3v) is 4.67. The van der Waals surface area contributed by atoms with E-state index in [0.29, 0.717) is 12.2 Å². The van der Waals surface area contributed by atoms with Crippen molar-refractivity contribution < 1.29 is 18.7 Å². The molecule has 5 heteroatoms. The van der Waals surface area contributed by atoms with Crippen LogP contribution in [-0.2, 0) is 14.3 Å². The standard InChI is InChI=1S/C19H17BrO4/c1-2-23-19(22)18-15(12-5-7-14(20)8-6-12)10-13(11-16(18)21)17-4-3-9-24-17/h3-9,11,15,18H,2,10H2,1H3/t15-,18+/m1/s1. The highest BCUT2D eigenvalue weighted by Crippen LogP contribution is 2.40. The van der Waals surface area contributed by atoms with E-state index in [1.165, 1.54) is 6.08 Å². The first-order valence-corrected chi connectivity index (χ1v) is 8.60. The highest BCUT2D eigenvalue weighted by atomic mass is 79.9. The first-order valence-electron chi connectivity index (χ1n) is 7.80. The van der Waals surface area contributed by atoms with Crippen LogP contribution >= 0.6 is 15.9 Å². The second-order valence-corrected chi connectivity index (χ2v) is 6.56. The van der Waals surface area contributed by atoms with Crippen LogP contribution in [0.3, 0.4) is 0 Å². The van der Waals surface area contributed by atoms with Gasteiger partial charge < -0.3 is 9.15 Å². The van der Waals surface area contributed by atoms with Gasteiger partial charge in [-0.15, -0.1) is 0 Å². The molecule has 0 radical (unpaired) electrons. The molecule has 0 spiro atoms. The van der Waals surface area contributed by atoms with Gasteiger partial charge in [0.05, 0.1) is 12.9 Å². The van der Waals surface area contributed by atoms with Gasteiger partial charge in [-0.2, -0.15) is 0 Å². The summed E-state index contributed by atoms with van der Waals surface area (Å²) in [5.74, 6) is -1.13. The highest BCUT2D eigenvalue weighted by molar-refractivity contribution is 9.10. The fourth-order valence-corrected chi connectivity index (χ4v) is 3.30. The van der Waals surface area contributed by atoms with Crippen molar-refractivity contribution in [2.45, 2.75) is 19.3 Å². The number of hydrogen-bond acceptors (Lipinski definition) is 4. The lowest BCUT2D eigenvalue weighted by atomic mass is 9.74. The molecule has 1 heterocycles. The number of carbonyl (C=O) groups is 2. The average Bonchev–Trinajstić information content (AvgIpc) is 3.09. The molecule has 0 bridgehead atoms. The normalized spacial score (nSPS) is 20.6. The lowest BCUT2D eigenvalue weighted by molar-refractivity contribution is -0.151. The fraction of sp³-hybridized carbons (Fsp3) is 0.263. The van der Waals surface area contributed by atoms with Gasteiger partial charge in [0.2, 0.25) is 0 Å². The number of esters is 1. The predicted molar refractivity (Wildman–Crippen MR) is 93.3 cm³/mol. The summed E-state index contributed by atoms with van der Waals surface area (Å²) in [6.45, 7) is 1.99. The molecule has 0 saturated heterocycles. The van der Waals surface area contributed by atoms with E-state index in [1.54, 1.807) is 19.3 Å². The summed E-state index contributed by atoms with van der Waals surface area (Å²) in [6.07, 6.45) is 3.63. The maximum absolute atomic E-state index is 12.6. The number of hydrogen-bond donors (Lipinski definition) is 0. The zero-order chi connectivity index (χ0) is 17.1. The number of allylic oxidation sites excluding steroid dienone is 2. The van der Waals surface area contributed by atoms with Crippen LogP contribution in [-0.4, -0.2) is 18.4 Å². The van der Waals surface area contributed by atoms with Gasteiger partial charge in [0.25, 0.3) is 0 Å². The van der Waals surface area contributed by atoms with Crippen LogP contribution in [0, 0.1) is 5.92 Å². The van der Waals surface area contributed by atoms with Gasteiger partial charge in [-0.25, -0.2) is 0 Å². The Morgan fingerprint density at radius 2 is 2.04 bits per heavy atom. The maximum Gasteiger partial charge on any atom is 0.317 e. The third-order valence-electron chi connectivity index (χ3n) is 4.14. The fourth-order valence-electron chi connectivity index (χ4n) is 3.04. The summed E-state index contributed by atoms with van der Waals surface area (Å²) in [4.78, 5) is 25.0. The topological polar surface area (TPSA) is 56.5 Å². The summed E-state index contributed by atoms with van der Waals surface area (Å²) in [5, 5.41) is 0. The number of benzene rings is 1. The molecule has 0 aliphatic heterocycles. The van der Waals surface area contributed by atoms with Gasteiger partial charge >= 0.3 is 5.97 Å². The van der Waals surface area contributed by atoms with E-state index in [9.17, 15) is 9.59 Å². The zero-order valence-corrected chi connectivity index (χ0v) is 14.8. The second-order valence-electron chi connectivity index (χ2n) is 5.64. The van der Waals surface area contributed by atoms with Gasteiger partial charge in [0.15, 0.2) is 5.78 Å². The van der Waals surface area contributed by atoms with Gasteiger partial charge in [-0.3, -0.25) is 9.59 Å².